The number of nitrogens with zero attached hydrogens (tertiary/aromatic N) is 2. The first-order chi connectivity index (χ1) is 23.7. The van der Waals surface area contributed by atoms with E-state index in [0.717, 1.165) is 45.9 Å². The number of carbonyl (C=O) groups excluding carboxylic acids is 2. The van der Waals surface area contributed by atoms with Crippen molar-refractivity contribution in [3.63, 3.8) is 0 Å². The first-order valence-corrected chi connectivity index (χ1v) is 18.4. The Labute approximate surface area is 300 Å². The number of nitrogens with one attached hydrogen (secondary N) is 1. The van der Waals surface area contributed by atoms with Crippen LogP contribution in [0, 0.1) is 5.92 Å². The summed E-state index contributed by atoms with van der Waals surface area (Å²) in [6.45, 7) is 12.6. The van der Waals surface area contributed by atoms with Crippen molar-refractivity contribution in [2.75, 3.05) is 6.61 Å². The molecule has 2 aromatic carbocycles. The van der Waals surface area contributed by atoms with Crippen LogP contribution in [0.15, 0.2) is 73.1 Å². The van der Waals surface area contributed by atoms with Crippen LogP contribution in [0.1, 0.15) is 107 Å². The highest BCUT2D eigenvalue weighted by Gasteiger charge is 2.30. The molecule has 2 N–H and O–H groups in total. The predicted molar refractivity (Wildman–Crippen MR) is 201 cm³/mol. The van der Waals surface area contributed by atoms with Gasteiger partial charge in [-0.15, -0.1) is 11.3 Å². The lowest BCUT2D eigenvalue weighted by Crippen LogP contribution is -2.48. The molecule has 4 rings (SSSR count). The number of benzene rings is 2. The van der Waals surface area contributed by atoms with E-state index in [4.69, 9.17) is 4.74 Å². The topological polar surface area (TPSA) is 118 Å². The lowest BCUT2D eigenvalue weighted by Gasteiger charge is -2.27. The molecule has 4 aromatic rings. The summed E-state index contributed by atoms with van der Waals surface area (Å²) in [5.74, 6) is -0.700. The molecule has 1 atom stereocenters. The molecule has 266 valence electrons. The molecular formula is C41H51N3O5S. The van der Waals surface area contributed by atoms with Gasteiger partial charge in [0.15, 0.2) is 11.6 Å². The number of hydrogen-bond donors (Lipinski definition) is 2. The number of carboxylic acids is 1. The molecule has 9 heteroatoms. The van der Waals surface area contributed by atoms with Crippen LogP contribution in [0.5, 0.6) is 5.75 Å². The molecule has 0 aliphatic rings. The van der Waals surface area contributed by atoms with Crippen LogP contribution in [-0.4, -0.2) is 44.9 Å². The first-order valence-electron chi connectivity index (χ1n) is 17.6. The van der Waals surface area contributed by atoms with Crippen molar-refractivity contribution in [2.24, 2.45) is 5.92 Å². The number of unbranched alkanes of at least 4 members (excludes halogenated alkanes) is 4. The number of aliphatic carboxylic acids is 1. The Morgan fingerprint density at radius 3 is 2.06 bits per heavy atom. The number of carbonyl (C=O) groups is 3. The molecule has 0 saturated carbocycles. The third-order valence-electron chi connectivity index (χ3n) is 8.53. The van der Waals surface area contributed by atoms with Gasteiger partial charge in [0.2, 0.25) is 5.91 Å². The monoisotopic (exact) mass is 697 g/mol. The Morgan fingerprint density at radius 1 is 0.820 bits per heavy atom. The fourth-order valence-electron chi connectivity index (χ4n) is 5.67. The number of carboxylic acid groups (broad SMARTS) is 1. The van der Waals surface area contributed by atoms with Crippen LogP contribution < -0.4 is 10.1 Å². The van der Waals surface area contributed by atoms with Crippen molar-refractivity contribution in [3.8, 4) is 28.3 Å². The third kappa shape index (κ3) is 11.6. The molecule has 0 aliphatic carbocycles. The van der Waals surface area contributed by atoms with Crippen LogP contribution in [0.3, 0.4) is 0 Å². The fraction of sp³-hybridized carbons (Fsp3) is 0.439. The summed E-state index contributed by atoms with van der Waals surface area (Å²) in [4.78, 5) is 49.3. The van der Waals surface area contributed by atoms with Gasteiger partial charge in [0.1, 0.15) is 5.75 Å². The molecule has 8 nitrogen and oxygen atoms in total. The number of hydrogen-bond acceptors (Lipinski definition) is 7. The Kier molecular flexibility index (Phi) is 13.5. The highest BCUT2D eigenvalue weighted by Crippen LogP contribution is 2.31. The average Bonchev–Trinajstić information content (AvgIpc) is 3.58. The maximum atomic E-state index is 13.5. The van der Waals surface area contributed by atoms with Gasteiger partial charge >= 0.3 is 5.97 Å². The summed E-state index contributed by atoms with van der Waals surface area (Å²) >= 11 is 1.46. The van der Waals surface area contributed by atoms with Crippen LogP contribution in [0.2, 0.25) is 0 Å². The Bertz CT molecular complexity index is 1700. The van der Waals surface area contributed by atoms with Gasteiger partial charge < -0.3 is 15.2 Å². The second kappa shape index (κ2) is 17.5. The van der Waals surface area contributed by atoms with Gasteiger partial charge in [-0.1, -0.05) is 89.8 Å². The van der Waals surface area contributed by atoms with Crippen molar-refractivity contribution in [1.82, 2.24) is 15.3 Å². The maximum Gasteiger partial charge on any atom is 0.305 e. The zero-order valence-electron chi connectivity index (χ0n) is 30.3. The molecule has 0 saturated heterocycles. The molecule has 2 aromatic heterocycles. The molecule has 1 amide bonds. The van der Waals surface area contributed by atoms with E-state index >= 15 is 0 Å². The van der Waals surface area contributed by atoms with E-state index in [2.05, 4.69) is 43.0 Å². The van der Waals surface area contributed by atoms with E-state index in [9.17, 15) is 19.5 Å². The Morgan fingerprint density at radius 2 is 1.46 bits per heavy atom. The van der Waals surface area contributed by atoms with E-state index in [1.54, 1.807) is 26.2 Å². The van der Waals surface area contributed by atoms with Crippen LogP contribution in [-0.2, 0) is 21.4 Å². The average molecular weight is 698 g/mol. The number of Topliss-reactive ketones (excluding diaryl/α,β-unsaturated/α-hetero) is 1. The number of amides is 1. The highest BCUT2D eigenvalue weighted by atomic mass is 32.1. The lowest BCUT2D eigenvalue weighted by atomic mass is 9.90. The van der Waals surface area contributed by atoms with Crippen LogP contribution in [0.4, 0.5) is 0 Å². The van der Waals surface area contributed by atoms with Crippen LogP contribution >= 0.6 is 11.3 Å². The van der Waals surface area contributed by atoms with E-state index in [1.807, 2.05) is 60.7 Å². The minimum absolute atomic E-state index is 0.0115. The number of ether oxygens (including phenoxy) is 1. The molecule has 0 radical (unpaired) electrons. The summed E-state index contributed by atoms with van der Waals surface area (Å²) < 4.78 is 5.90. The van der Waals surface area contributed by atoms with E-state index < -0.39 is 17.4 Å². The number of aromatic nitrogens is 2. The molecule has 0 unspecified atom stereocenters. The second-order valence-corrected chi connectivity index (χ2v) is 15.7. The minimum atomic E-state index is -1.01. The Balaban J connectivity index is 1.42. The molecule has 0 fully saturated rings. The van der Waals surface area contributed by atoms with E-state index in [0.29, 0.717) is 17.1 Å². The second-order valence-electron chi connectivity index (χ2n) is 14.7. The molecule has 0 spiro atoms. The summed E-state index contributed by atoms with van der Waals surface area (Å²) in [6, 6.07) is 19.5. The van der Waals surface area contributed by atoms with Gasteiger partial charge in [0.25, 0.3) is 0 Å². The fourth-order valence-corrected chi connectivity index (χ4v) is 6.68. The number of ketones is 1. The quantitative estimate of drug-likeness (QED) is 0.0786. The number of rotatable bonds is 18. The van der Waals surface area contributed by atoms with Gasteiger partial charge in [0.05, 0.1) is 17.9 Å². The lowest BCUT2D eigenvalue weighted by molar-refractivity contribution is -0.139. The zero-order chi connectivity index (χ0) is 36.3. The SMILES string of the molecule is CCCCCCCOc1ccc(-c2cnc(-c3ccc(C[C@H](CC(=O)c4ccc(C(C)(C)C)s4)C(=O)NC(C)(C)CC(=O)O)cc3)nc2)cc1. The first kappa shape index (κ1) is 38.4. The minimum Gasteiger partial charge on any atom is -0.494 e. The Hall–Kier alpha value is -4.37. The number of thiophene rings is 1. The van der Waals surface area contributed by atoms with E-state index in [1.165, 1.54) is 37.0 Å². The van der Waals surface area contributed by atoms with E-state index in [-0.39, 0.29) is 29.9 Å². The molecular weight excluding hydrogens is 647 g/mol. The van der Waals surface area contributed by atoms with Crippen molar-refractivity contribution in [2.45, 2.75) is 104 Å². The van der Waals surface area contributed by atoms with Gasteiger partial charge in [-0.3, -0.25) is 14.4 Å². The largest absolute Gasteiger partial charge is 0.494 e. The third-order valence-corrected chi connectivity index (χ3v) is 10.1. The van der Waals surface area contributed by atoms with Crippen molar-refractivity contribution in [1.29, 1.82) is 0 Å². The summed E-state index contributed by atoms with van der Waals surface area (Å²) in [5.41, 5.74) is 2.56. The maximum absolute atomic E-state index is 13.5. The normalized spacial score (nSPS) is 12.4. The zero-order valence-corrected chi connectivity index (χ0v) is 31.1. The van der Waals surface area contributed by atoms with Crippen LogP contribution in [0.25, 0.3) is 22.5 Å². The molecule has 2 heterocycles. The molecule has 50 heavy (non-hydrogen) atoms. The van der Waals surface area contributed by atoms with Crippen molar-refractivity contribution >= 4 is 29.0 Å². The summed E-state index contributed by atoms with van der Waals surface area (Å²) in [6.07, 6.45) is 9.73. The predicted octanol–water partition coefficient (Wildman–Crippen LogP) is 9.32. The molecule has 0 aliphatic heterocycles. The molecule has 0 bridgehead atoms. The van der Waals surface area contributed by atoms with Crippen molar-refractivity contribution < 1.29 is 24.2 Å². The smallest absolute Gasteiger partial charge is 0.305 e. The van der Waals surface area contributed by atoms with Crippen molar-refractivity contribution in [3.05, 3.63) is 88.4 Å². The van der Waals surface area contributed by atoms with Gasteiger partial charge in [0, 0.05) is 46.3 Å². The standard InChI is InChI=1S/C41H51N3O5S/c1-7-8-9-10-11-22-49-33-18-16-29(17-19-33)32-26-42-38(43-27-32)30-14-12-28(13-15-30)23-31(39(48)44-41(5,6)25-37(46)47)24-34(45)35-20-21-36(50-35)40(2,3)4/h12-21,26-27,31H,7-11,22-25H2,1-6H3,(H,44,48)(H,46,47)/t31-/m1/s1. The van der Waals surface area contributed by atoms with Gasteiger partial charge in [-0.25, -0.2) is 9.97 Å². The van der Waals surface area contributed by atoms with Gasteiger partial charge in [-0.05, 0) is 67.5 Å². The van der Waals surface area contributed by atoms with Gasteiger partial charge in [-0.2, -0.15) is 0 Å². The summed E-state index contributed by atoms with van der Waals surface area (Å²) in [7, 11) is 0. The highest BCUT2D eigenvalue weighted by molar-refractivity contribution is 7.14. The summed E-state index contributed by atoms with van der Waals surface area (Å²) in [5, 5.41) is 12.2.